The van der Waals surface area contributed by atoms with E-state index in [0.717, 1.165) is 12.2 Å². The van der Waals surface area contributed by atoms with E-state index in [1.54, 1.807) is 19.1 Å². The molecule has 0 saturated carbocycles. The molecule has 4 aromatic heterocycles. The maximum Gasteiger partial charge on any atom is 0.534 e. The fourth-order valence-corrected chi connectivity index (χ4v) is 5.12. The van der Waals surface area contributed by atoms with Gasteiger partial charge in [0.25, 0.3) is 5.88 Å². The van der Waals surface area contributed by atoms with Gasteiger partial charge in [-0.05, 0) is 43.3 Å². The number of nitrogens with zero attached hydrogens (tertiary/aromatic N) is 5. The first-order valence-corrected chi connectivity index (χ1v) is 18.1. The van der Waals surface area contributed by atoms with Crippen LogP contribution in [0.1, 0.15) is 18.7 Å². The minimum atomic E-state index is -6.13. The van der Waals surface area contributed by atoms with Gasteiger partial charge in [0.05, 0.1) is 30.6 Å². The van der Waals surface area contributed by atoms with Crippen molar-refractivity contribution in [2.75, 3.05) is 19.0 Å². The lowest BCUT2D eigenvalue weighted by molar-refractivity contribution is -0.0501. The van der Waals surface area contributed by atoms with Crippen LogP contribution >= 0.6 is 0 Å². The Morgan fingerprint density at radius 2 is 1.86 bits per heavy atom. The topological polar surface area (TPSA) is 130 Å². The van der Waals surface area contributed by atoms with Gasteiger partial charge < -0.3 is 19.0 Å². The molecule has 0 bridgehead atoms. The SMILES string of the molecule is COc1ncccc1-c1nn(COCC[Si](C)(C)C)c2c(OS(=O)(=O)C(F)(F)F)nc(N[C@@H](C)c3ccc(F)cn3)cc12. The van der Waals surface area contributed by atoms with Gasteiger partial charge in [-0.1, -0.05) is 19.6 Å². The third kappa shape index (κ3) is 7.58. The summed E-state index contributed by atoms with van der Waals surface area (Å²) in [7, 11) is -6.22. The molecule has 0 aromatic carbocycles. The molecular formula is C26H30F4N6O5SSi. The number of pyridine rings is 3. The summed E-state index contributed by atoms with van der Waals surface area (Å²) in [4.78, 5) is 12.3. The number of aromatic nitrogens is 5. The Morgan fingerprint density at radius 3 is 2.49 bits per heavy atom. The Bertz CT molecular complexity index is 1700. The van der Waals surface area contributed by atoms with Gasteiger partial charge in [0.1, 0.15) is 29.6 Å². The summed E-state index contributed by atoms with van der Waals surface area (Å²) >= 11 is 0. The van der Waals surface area contributed by atoms with Crippen molar-refractivity contribution >= 4 is 34.9 Å². The third-order valence-electron chi connectivity index (χ3n) is 6.15. The molecule has 0 aliphatic rings. The number of alkyl halides is 3. The van der Waals surface area contributed by atoms with Crippen LogP contribution in [-0.4, -0.2) is 60.4 Å². The van der Waals surface area contributed by atoms with Crippen LogP contribution < -0.4 is 14.2 Å². The second-order valence-electron chi connectivity index (χ2n) is 10.7. The van der Waals surface area contributed by atoms with Crippen LogP contribution in [0, 0.1) is 5.82 Å². The Morgan fingerprint density at radius 1 is 1.12 bits per heavy atom. The summed E-state index contributed by atoms with van der Waals surface area (Å²) < 4.78 is 95.1. The highest BCUT2D eigenvalue weighted by Crippen LogP contribution is 2.39. The highest BCUT2D eigenvalue weighted by Gasteiger charge is 2.49. The van der Waals surface area contributed by atoms with Crippen molar-refractivity contribution in [2.45, 2.75) is 50.9 Å². The summed E-state index contributed by atoms with van der Waals surface area (Å²) in [5, 5.41) is 7.68. The Labute approximate surface area is 246 Å². The first-order valence-electron chi connectivity index (χ1n) is 13.0. The van der Waals surface area contributed by atoms with E-state index in [9.17, 15) is 26.0 Å². The van der Waals surface area contributed by atoms with Gasteiger partial charge in [0.2, 0.25) is 5.88 Å². The van der Waals surface area contributed by atoms with Crippen LogP contribution in [-0.2, 0) is 21.6 Å². The first kappa shape index (κ1) is 32.1. The first-order chi connectivity index (χ1) is 20.1. The fourth-order valence-electron chi connectivity index (χ4n) is 3.95. The van der Waals surface area contributed by atoms with Gasteiger partial charge in [-0.15, -0.1) is 0 Å². The molecule has 1 N–H and O–H groups in total. The van der Waals surface area contributed by atoms with E-state index in [2.05, 4.69) is 49.2 Å². The molecule has 0 saturated heterocycles. The van der Waals surface area contributed by atoms with Crippen LogP contribution in [0.25, 0.3) is 22.2 Å². The van der Waals surface area contributed by atoms with Crippen LogP contribution in [0.2, 0.25) is 25.7 Å². The molecule has 0 aliphatic heterocycles. The van der Waals surface area contributed by atoms with E-state index >= 15 is 0 Å². The minimum Gasteiger partial charge on any atom is -0.481 e. The summed E-state index contributed by atoms with van der Waals surface area (Å²) in [6.45, 7) is 8.22. The largest absolute Gasteiger partial charge is 0.534 e. The fraction of sp³-hybridized carbons (Fsp3) is 0.385. The molecule has 0 aliphatic carbocycles. The Hall–Kier alpha value is -3.83. The molecule has 43 heavy (non-hydrogen) atoms. The molecule has 0 fully saturated rings. The standard InChI is InChI=1S/C26H30F4N6O5SSi/c1-16(20-9-8-17(27)14-32-20)33-21-13-19-22(18-7-6-10-31-24(18)39-2)35-36(15-40-11-12-43(3,4)5)23(19)25(34-21)41-42(37,38)26(28,29)30/h6-10,13-14,16H,11-12,15H2,1-5H3,(H,33,34)/t16-/m0/s1. The second kappa shape index (κ2) is 12.4. The normalized spacial score (nSPS) is 13.2. The molecule has 0 radical (unpaired) electrons. The summed E-state index contributed by atoms with van der Waals surface area (Å²) in [5.41, 5.74) is -4.95. The van der Waals surface area contributed by atoms with Crippen molar-refractivity contribution in [1.82, 2.24) is 24.7 Å². The van der Waals surface area contributed by atoms with Crippen LogP contribution in [0.3, 0.4) is 0 Å². The molecule has 232 valence electrons. The van der Waals surface area contributed by atoms with E-state index in [1.165, 1.54) is 36.2 Å². The van der Waals surface area contributed by atoms with Gasteiger partial charge in [0, 0.05) is 26.3 Å². The van der Waals surface area contributed by atoms with Crippen LogP contribution in [0.15, 0.2) is 42.7 Å². The molecule has 4 heterocycles. The molecule has 1 atom stereocenters. The number of ether oxygens (including phenoxy) is 2. The molecule has 17 heteroatoms. The zero-order valence-corrected chi connectivity index (χ0v) is 25.8. The predicted octanol–water partition coefficient (Wildman–Crippen LogP) is 5.75. The van der Waals surface area contributed by atoms with Gasteiger partial charge in [-0.2, -0.15) is 31.7 Å². The van der Waals surface area contributed by atoms with E-state index in [0.29, 0.717) is 17.9 Å². The van der Waals surface area contributed by atoms with Crippen LogP contribution in [0.5, 0.6) is 11.8 Å². The lowest BCUT2D eigenvalue weighted by atomic mass is 10.1. The lowest BCUT2D eigenvalue weighted by Gasteiger charge is -2.17. The molecule has 4 aromatic rings. The number of methoxy groups -OCH3 is 1. The molecule has 11 nitrogen and oxygen atoms in total. The highest BCUT2D eigenvalue weighted by atomic mass is 32.2. The van der Waals surface area contributed by atoms with Crippen LogP contribution in [0.4, 0.5) is 23.4 Å². The van der Waals surface area contributed by atoms with E-state index in [1.807, 2.05) is 0 Å². The maximum atomic E-state index is 13.5. The highest BCUT2D eigenvalue weighted by molar-refractivity contribution is 7.88. The van der Waals surface area contributed by atoms with Crippen molar-refractivity contribution in [3.05, 3.63) is 54.2 Å². The zero-order chi connectivity index (χ0) is 31.6. The van der Waals surface area contributed by atoms with E-state index in [4.69, 9.17) is 9.47 Å². The number of fused-ring (bicyclic) bond motifs is 1. The van der Waals surface area contributed by atoms with E-state index in [-0.39, 0.29) is 35.0 Å². The number of hydrogen-bond acceptors (Lipinski definition) is 10. The average molecular weight is 643 g/mol. The zero-order valence-electron chi connectivity index (χ0n) is 23.9. The van der Waals surface area contributed by atoms with Crippen molar-refractivity contribution in [3.8, 4) is 23.0 Å². The summed E-state index contributed by atoms with van der Waals surface area (Å²) in [6.07, 6.45) is 2.49. The molecule has 4 rings (SSSR count). The van der Waals surface area contributed by atoms with Crippen molar-refractivity contribution < 1.29 is 39.6 Å². The quantitative estimate of drug-likeness (QED) is 0.0670. The lowest BCUT2D eigenvalue weighted by Crippen LogP contribution is -2.28. The van der Waals surface area contributed by atoms with Crippen molar-refractivity contribution in [2.24, 2.45) is 0 Å². The van der Waals surface area contributed by atoms with Gasteiger partial charge in [0.15, 0.2) is 0 Å². The smallest absolute Gasteiger partial charge is 0.481 e. The van der Waals surface area contributed by atoms with Crippen molar-refractivity contribution in [3.63, 3.8) is 0 Å². The predicted molar refractivity (Wildman–Crippen MR) is 153 cm³/mol. The third-order valence-corrected chi connectivity index (χ3v) is 8.80. The number of rotatable bonds is 12. The number of hydrogen-bond donors (Lipinski definition) is 1. The molecule has 0 spiro atoms. The van der Waals surface area contributed by atoms with E-state index < -0.39 is 41.4 Å². The molecule has 0 unspecified atom stereocenters. The summed E-state index contributed by atoms with van der Waals surface area (Å²) in [6, 6.07) is 7.49. The minimum absolute atomic E-state index is 0.0678. The van der Waals surface area contributed by atoms with Gasteiger partial charge in [-0.3, -0.25) is 4.98 Å². The average Bonchev–Trinajstić information content (AvgIpc) is 3.28. The maximum absolute atomic E-state index is 13.5. The second-order valence-corrected chi connectivity index (χ2v) is 17.9. The molecular weight excluding hydrogens is 612 g/mol. The van der Waals surface area contributed by atoms with Crippen molar-refractivity contribution in [1.29, 1.82) is 0 Å². The summed E-state index contributed by atoms with van der Waals surface area (Å²) in [5.74, 6) is -1.35. The number of anilines is 1. The van der Waals surface area contributed by atoms with Gasteiger partial charge >= 0.3 is 15.6 Å². The Kier molecular flexibility index (Phi) is 9.26. The monoisotopic (exact) mass is 642 g/mol. The Balaban J connectivity index is 1.90. The number of nitrogens with one attached hydrogen (secondary N) is 1. The molecule has 0 amide bonds. The number of halogens is 4. The van der Waals surface area contributed by atoms with Gasteiger partial charge in [-0.25, -0.2) is 14.1 Å².